The lowest BCUT2D eigenvalue weighted by Gasteiger charge is -2.20. The Kier molecular flexibility index (Phi) is 6.36. The van der Waals surface area contributed by atoms with Gasteiger partial charge in [0.25, 0.3) is 0 Å². The summed E-state index contributed by atoms with van der Waals surface area (Å²) in [5, 5.41) is 5.96. The maximum Gasteiger partial charge on any atom is 0.319 e. The third-order valence-corrected chi connectivity index (χ3v) is 4.55. The maximum atomic E-state index is 12.5. The average molecular weight is 372 g/mol. The molecule has 0 unspecified atom stereocenters. The van der Waals surface area contributed by atoms with E-state index in [9.17, 15) is 4.79 Å². The highest BCUT2D eigenvalue weighted by atomic mass is 16.5. The van der Waals surface area contributed by atoms with Gasteiger partial charge in [-0.15, -0.1) is 0 Å². The van der Waals surface area contributed by atoms with Crippen LogP contribution in [0.25, 0.3) is 5.69 Å². The van der Waals surface area contributed by atoms with E-state index in [4.69, 9.17) is 9.47 Å². The maximum absolute atomic E-state index is 12.5. The zero-order valence-corrected chi connectivity index (χ0v) is 16.1. The number of hydrogen-bond donors (Lipinski definition) is 2. The largest absolute Gasteiger partial charge is 0.492 e. The van der Waals surface area contributed by atoms with Crippen LogP contribution in [0.4, 0.5) is 10.5 Å². The Labute approximate surface area is 160 Å². The number of hydrogen-bond acceptors (Lipinski definition) is 4. The summed E-state index contributed by atoms with van der Waals surface area (Å²) in [5.41, 5.74) is 1.59. The first kappa shape index (κ1) is 19.3. The van der Waals surface area contributed by atoms with E-state index in [1.165, 1.54) is 0 Å². The van der Waals surface area contributed by atoms with Crippen LogP contribution in [0, 0.1) is 0 Å². The summed E-state index contributed by atoms with van der Waals surface area (Å²) in [6.45, 7) is 6.73. The predicted octanol–water partition coefficient (Wildman–Crippen LogP) is 2.72. The number of likely N-dealkylation sites (N-methyl/N-ethyl adjacent to an activating group) is 1. The van der Waals surface area contributed by atoms with Crippen molar-refractivity contribution in [2.45, 2.75) is 26.0 Å². The molecule has 1 aliphatic heterocycles. The predicted molar refractivity (Wildman–Crippen MR) is 106 cm³/mol. The standard InChI is InChI=1S/C20H28N4O3/c1-4-26-18-9-8-15(12-17(18)24-10-6-7-11-24)21-20(25)22-16-13-23(3)14-19(16)27-5-2/h6-12,16,19H,4-5,13-14H2,1-3H3,(H2,21,22,25)/t16-,19-/m0/s1. The summed E-state index contributed by atoms with van der Waals surface area (Å²) >= 11 is 0. The Hall–Kier alpha value is -2.51. The fourth-order valence-corrected chi connectivity index (χ4v) is 3.39. The molecule has 1 aromatic carbocycles. The third kappa shape index (κ3) is 4.81. The van der Waals surface area contributed by atoms with Crippen molar-refractivity contribution in [3.05, 3.63) is 42.7 Å². The van der Waals surface area contributed by atoms with Gasteiger partial charge >= 0.3 is 6.03 Å². The van der Waals surface area contributed by atoms with Crippen LogP contribution in [0.5, 0.6) is 5.75 Å². The third-order valence-electron chi connectivity index (χ3n) is 4.55. The Morgan fingerprint density at radius 2 is 1.96 bits per heavy atom. The summed E-state index contributed by atoms with van der Waals surface area (Å²) < 4.78 is 13.4. The molecule has 3 rings (SSSR count). The van der Waals surface area contributed by atoms with Crippen molar-refractivity contribution in [2.24, 2.45) is 0 Å². The molecular weight excluding hydrogens is 344 g/mol. The van der Waals surface area contributed by atoms with Gasteiger partial charge in [0.2, 0.25) is 0 Å². The molecule has 0 spiro atoms. The van der Waals surface area contributed by atoms with Crippen molar-refractivity contribution in [2.75, 3.05) is 38.7 Å². The fraction of sp³-hybridized carbons (Fsp3) is 0.450. The van der Waals surface area contributed by atoms with Gasteiger partial charge in [-0.1, -0.05) is 0 Å². The van der Waals surface area contributed by atoms with E-state index in [1.807, 2.05) is 68.2 Å². The Morgan fingerprint density at radius 1 is 1.19 bits per heavy atom. The molecule has 146 valence electrons. The number of aromatic nitrogens is 1. The molecule has 2 heterocycles. The van der Waals surface area contributed by atoms with Crippen LogP contribution < -0.4 is 15.4 Å². The zero-order chi connectivity index (χ0) is 19.2. The first-order chi connectivity index (χ1) is 13.1. The van der Waals surface area contributed by atoms with Gasteiger partial charge in [0.05, 0.1) is 24.4 Å². The first-order valence-electron chi connectivity index (χ1n) is 9.38. The van der Waals surface area contributed by atoms with Crippen molar-refractivity contribution in [1.82, 2.24) is 14.8 Å². The molecule has 0 aliphatic carbocycles. The molecule has 2 aromatic rings. The van der Waals surface area contributed by atoms with Crippen molar-refractivity contribution < 1.29 is 14.3 Å². The summed E-state index contributed by atoms with van der Waals surface area (Å²) in [4.78, 5) is 14.7. The normalized spacial score (nSPS) is 19.8. The van der Waals surface area contributed by atoms with Gasteiger partial charge in [0.1, 0.15) is 5.75 Å². The molecule has 7 heteroatoms. The minimum Gasteiger partial charge on any atom is -0.492 e. The first-order valence-corrected chi connectivity index (χ1v) is 9.38. The van der Waals surface area contributed by atoms with Crippen molar-refractivity contribution in [3.63, 3.8) is 0 Å². The van der Waals surface area contributed by atoms with Gasteiger partial charge in [-0.3, -0.25) is 0 Å². The highest BCUT2D eigenvalue weighted by Gasteiger charge is 2.32. The quantitative estimate of drug-likeness (QED) is 0.784. The van der Waals surface area contributed by atoms with Gasteiger partial charge in [-0.2, -0.15) is 0 Å². The molecule has 0 saturated carbocycles. The molecule has 2 N–H and O–H groups in total. The number of likely N-dealkylation sites (tertiary alicyclic amines) is 1. The summed E-state index contributed by atoms with van der Waals surface area (Å²) in [6.07, 6.45) is 3.91. The monoisotopic (exact) mass is 372 g/mol. The highest BCUT2D eigenvalue weighted by Crippen LogP contribution is 2.27. The Bertz CT molecular complexity index is 748. The van der Waals surface area contributed by atoms with Crippen LogP contribution in [-0.2, 0) is 4.74 Å². The molecule has 1 saturated heterocycles. The molecule has 2 atom stereocenters. The van der Waals surface area contributed by atoms with Crippen LogP contribution in [0.15, 0.2) is 42.7 Å². The van der Waals surface area contributed by atoms with Crippen molar-refractivity contribution in [1.29, 1.82) is 0 Å². The minimum atomic E-state index is -0.234. The molecule has 2 amide bonds. The lowest BCUT2D eigenvalue weighted by atomic mass is 10.2. The van der Waals surface area contributed by atoms with Gasteiger partial charge in [0, 0.05) is 37.8 Å². The van der Waals surface area contributed by atoms with Crippen LogP contribution in [0.2, 0.25) is 0 Å². The number of rotatable bonds is 7. The zero-order valence-electron chi connectivity index (χ0n) is 16.1. The van der Waals surface area contributed by atoms with Crippen LogP contribution in [0.3, 0.4) is 0 Å². The van der Waals surface area contributed by atoms with Crippen LogP contribution in [0.1, 0.15) is 13.8 Å². The molecule has 1 aliphatic rings. The average Bonchev–Trinajstić information content (AvgIpc) is 3.27. The topological polar surface area (TPSA) is 67.8 Å². The van der Waals surface area contributed by atoms with E-state index in [0.29, 0.717) is 18.9 Å². The molecular formula is C20H28N4O3. The minimum absolute atomic E-state index is 0.0153. The van der Waals surface area contributed by atoms with Crippen LogP contribution >= 0.6 is 0 Å². The van der Waals surface area contributed by atoms with Gasteiger partial charge < -0.3 is 29.6 Å². The van der Waals surface area contributed by atoms with E-state index in [-0.39, 0.29) is 18.2 Å². The van der Waals surface area contributed by atoms with Gasteiger partial charge in [-0.05, 0) is 51.2 Å². The number of carbonyl (C=O) groups is 1. The number of benzene rings is 1. The number of nitrogens with zero attached hydrogens (tertiary/aromatic N) is 2. The second-order valence-electron chi connectivity index (χ2n) is 6.63. The summed E-state index contributed by atoms with van der Waals surface area (Å²) in [7, 11) is 2.03. The SMILES string of the molecule is CCOc1ccc(NC(=O)N[C@H]2CN(C)C[C@@H]2OCC)cc1-n1cccc1. The number of anilines is 1. The number of amides is 2. The van der Waals surface area contributed by atoms with E-state index >= 15 is 0 Å². The summed E-state index contributed by atoms with van der Waals surface area (Å²) in [6, 6.07) is 9.27. The second kappa shape index (κ2) is 8.92. The molecule has 7 nitrogen and oxygen atoms in total. The lowest BCUT2D eigenvalue weighted by Crippen LogP contribution is -2.45. The number of carbonyl (C=O) groups excluding carboxylic acids is 1. The van der Waals surface area contributed by atoms with Gasteiger partial charge in [0.15, 0.2) is 0 Å². The van der Waals surface area contributed by atoms with E-state index in [2.05, 4.69) is 15.5 Å². The molecule has 0 bridgehead atoms. The Morgan fingerprint density at radius 3 is 2.67 bits per heavy atom. The summed E-state index contributed by atoms with van der Waals surface area (Å²) in [5.74, 6) is 0.772. The number of nitrogens with one attached hydrogen (secondary N) is 2. The van der Waals surface area contributed by atoms with E-state index in [1.54, 1.807) is 0 Å². The fourth-order valence-electron chi connectivity index (χ4n) is 3.39. The second-order valence-corrected chi connectivity index (χ2v) is 6.63. The number of urea groups is 1. The smallest absolute Gasteiger partial charge is 0.319 e. The molecule has 0 radical (unpaired) electrons. The lowest BCUT2D eigenvalue weighted by molar-refractivity contribution is 0.0568. The van der Waals surface area contributed by atoms with E-state index in [0.717, 1.165) is 24.5 Å². The van der Waals surface area contributed by atoms with E-state index < -0.39 is 0 Å². The molecule has 27 heavy (non-hydrogen) atoms. The van der Waals surface area contributed by atoms with Crippen molar-refractivity contribution in [3.8, 4) is 11.4 Å². The van der Waals surface area contributed by atoms with Crippen LogP contribution in [-0.4, -0.2) is 61.0 Å². The molecule has 1 aromatic heterocycles. The molecule has 1 fully saturated rings. The highest BCUT2D eigenvalue weighted by molar-refractivity contribution is 5.90. The van der Waals surface area contributed by atoms with Gasteiger partial charge in [-0.25, -0.2) is 4.79 Å². The number of ether oxygens (including phenoxy) is 2. The Balaban J connectivity index is 1.70. The van der Waals surface area contributed by atoms with Crippen molar-refractivity contribution >= 4 is 11.7 Å².